The molecule has 0 radical (unpaired) electrons. The number of terminal acetylenes is 1. The molecule has 0 aromatic heterocycles. The molecule has 1 aliphatic rings. The summed E-state index contributed by atoms with van der Waals surface area (Å²) >= 11 is 0. The standard InChI is InChI=1S/C11H19NO/c1-4-11(2,3)12-10-6-5-8-13-9-7-10/h1,10,12H,5-9H2,2-3H3. The Kier molecular flexibility index (Phi) is 3.77. The van der Waals surface area contributed by atoms with Crippen LogP contribution >= 0.6 is 0 Å². The van der Waals surface area contributed by atoms with E-state index in [1.807, 2.05) is 13.8 Å². The first-order chi connectivity index (χ1) is 6.14. The summed E-state index contributed by atoms with van der Waals surface area (Å²) in [5.41, 5.74) is -0.186. The molecule has 0 amide bonds. The molecule has 13 heavy (non-hydrogen) atoms. The van der Waals surface area contributed by atoms with E-state index < -0.39 is 0 Å². The van der Waals surface area contributed by atoms with Crippen molar-refractivity contribution in [3.05, 3.63) is 0 Å². The van der Waals surface area contributed by atoms with Crippen LogP contribution in [-0.2, 0) is 4.74 Å². The molecule has 1 unspecified atom stereocenters. The number of hydrogen-bond donors (Lipinski definition) is 1. The van der Waals surface area contributed by atoms with E-state index in [4.69, 9.17) is 11.2 Å². The second-order valence-electron chi connectivity index (χ2n) is 4.15. The van der Waals surface area contributed by atoms with E-state index in [-0.39, 0.29) is 5.54 Å². The fourth-order valence-corrected chi connectivity index (χ4v) is 1.60. The van der Waals surface area contributed by atoms with E-state index in [1.165, 1.54) is 6.42 Å². The lowest BCUT2D eigenvalue weighted by atomic mass is 10.0. The van der Waals surface area contributed by atoms with E-state index >= 15 is 0 Å². The minimum atomic E-state index is -0.186. The van der Waals surface area contributed by atoms with Crippen LogP contribution in [0.25, 0.3) is 0 Å². The van der Waals surface area contributed by atoms with E-state index in [1.54, 1.807) is 0 Å². The van der Waals surface area contributed by atoms with E-state index in [0.717, 1.165) is 26.1 Å². The van der Waals surface area contributed by atoms with E-state index in [9.17, 15) is 0 Å². The van der Waals surface area contributed by atoms with Gasteiger partial charge in [-0.15, -0.1) is 6.42 Å². The third-order valence-electron chi connectivity index (χ3n) is 2.38. The molecule has 1 fully saturated rings. The Morgan fingerprint density at radius 1 is 1.38 bits per heavy atom. The molecule has 0 spiro atoms. The van der Waals surface area contributed by atoms with Gasteiger partial charge in [0, 0.05) is 19.3 Å². The lowest BCUT2D eigenvalue weighted by Gasteiger charge is -2.26. The highest BCUT2D eigenvalue weighted by Gasteiger charge is 2.20. The first-order valence-electron chi connectivity index (χ1n) is 4.97. The average Bonchev–Trinajstić information content (AvgIpc) is 2.32. The summed E-state index contributed by atoms with van der Waals surface area (Å²) in [6.45, 7) is 5.84. The van der Waals surface area contributed by atoms with Crippen LogP contribution in [0.2, 0.25) is 0 Å². The Bertz CT molecular complexity index is 185. The predicted molar refractivity (Wildman–Crippen MR) is 54.5 cm³/mol. The lowest BCUT2D eigenvalue weighted by molar-refractivity contribution is 0.142. The molecule has 0 aromatic carbocycles. The molecule has 0 bridgehead atoms. The molecule has 1 atom stereocenters. The van der Waals surface area contributed by atoms with Gasteiger partial charge in [0.05, 0.1) is 5.54 Å². The Labute approximate surface area is 81.0 Å². The highest BCUT2D eigenvalue weighted by atomic mass is 16.5. The lowest BCUT2D eigenvalue weighted by Crippen LogP contribution is -2.45. The summed E-state index contributed by atoms with van der Waals surface area (Å²) in [5.74, 6) is 2.76. The summed E-state index contributed by atoms with van der Waals surface area (Å²) in [7, 11) is 0. The number of rotatable bonds is 2. The van der Waals surface area contributed by atoms with Gasteiger partial charge in [0.15, 0.2) is 0 Å². The summed E-state index contributed by atoms with van der Waals surface area (Å²) in [6.07, 6.45) is 8.80. The molecule has 1 rings (SSSR count). The second kappa shape index (κ2) is 4.64. The Morgan fingerprint density at radius 3 is 2.85 bits per heavy atom. The van der Waals surface area contributed by atoms with Gasteiger partial charge in [0.1, 0.15) is 0 Å². The number of hydrogen-bond acceptors (Lipinski definition) is 2. The van der Waals surface area contributed by atoms with Crippen molar-refractivity contribution in [2.24, 2.45) is 0 Å². The molecule has 2 heteroatoms. The van der Waals surface area contributed by atoms with Crippen molar-refractivity contribution < 1.29 is 4.74 Å². The van der Waals surface area contributed by atoms with Gasteiger partial charge in [-0.05, 0) is 33.1 Å². The predicted octanol–water partition coefficient (Wildman–Crippen LogP) is 1.56. The van der Waals surface area contributed by atoms with E-state index in [2.05, 4.69) is 11.2 Å². The van der Waals surface area contributed by atoms with Crippen LogP contribution in [0.3, 0.4) is 0 Å². The minimum Gasteiger partial charge on any atom is -0.381 e. The highest BCUT2D eigenvalue weighted by molar-refractivity contribution is 5.08. The van der Waals surface area contributed by atoms with Gasteiger partial charge < -0.3 is 4.74 Å². The molecular formula is C11H19NO. The Morgan fingerprint density at radius 2 is 2.15 bits per heavy atom. The van der Waals surface area contributed by atoms with Crippen LogP contribution in [0.1, 0.15) is 33.1 Å². The number of ether oxygens (including phenoxy) is 1. The van der Waals surface area contributed by atoms with E-state index in [0.29, 0.717) is 6.04 Å². The molecule has 1 aliphatic heterocycles. The van der Waals surface area contributed by atoms with Crippen molar-refractivity contribution in [1.82, 2.24) is 5.32 Å². The molecule has 0 aliphatic carbocycles. The van der Waals surface area contributed by atoms with Crippen LogP contribution in [0.15, 0.2) is 0 Å². The highest BCUT2D eigenvalue weighted by Crippen LogP contribution is 2.12. The summed E-state index contributed by atoms with van der Waals surface area (Å²) in [5, 5.41) is 3.47. The normalized spacial score (nSPS) is 24.8. The first kappa shape index (κ1) is 10.6. The zero-order chi connectivity index (χ0) is 9.73. The van der Waals surface area contributed by atoms with Crippen LogP contribution in [0.4, 0.5) is 0 Å². The Hall–Kier alpha value is -0.520. The van der Waals surface area contributed by atoms with Gasteiger partial charge in [0.25, 0.3) is 0 Å². The largest absolute Gasteiger partial charge is 0.381 e. The third kappa shape index (κ3) is 3.80. The van der Waals surface area contributed by atoms with Crippen LogP contribution in [-0.4, -0.2) is 24.8 Å². The zero-order valence-corrected chi connectivity index (χ0v) is 8.60. The third-order valence-corrected chi connectivity index (χ3v) is 2.38. The van der Waals surface area contributed by atoms with Gasteiger partial charge in [-0.2, -0.15) is 0 Å². The minimum absolute atomic E-state index is 0.186. The summed E-state index contributed by atoms with van der Waals surface area (Å²) < 4.78 is 5.38. The van der Waals surface area contributed by atoms with Crippen molar-refractivity contribution in [2.75, 3.05) is 13.2 Å². The van der Waals surface area contributed by atoms with Crippen LogP contribution < -0.4 is 5.32 Å². The zero-order valence-electron chi connectivity index (χ0n) is 8.60. The molecule has 2 nitrogen and oxygen atoms in total. The molecular weight excluding hydrogens is 162 g/mol. The van der Waals surface area contributed by atoms with Crippen molar-refractivity contribution in [1.29, 1.82) is 0 Å². The SMILES string of the molecule is C#CC(C)(C)NC1CCCOCC1. The van der Waals surface area contributed by atoms with Crippen molar-refractivity contribution in [3.63, 3.8) is 0 Å². The van der Waals surface area contributed by atoms with Crippen molar-refractivity contribution in [3.8, 4) is 12.3 Å². The fraction of sp³-hybridized carbons (Fsp3) is 0.818. The Balaban J connectivity index is 2.39. The van der Waals surface area contributed by atoms with Gasteiger partial charge in [-0.25, -0.2) is 0 Å². The fourth-order valence-electron chi connectivity index (χ4n) is 1.60. The monoisotopic (exact) mass is 181 g/mol. The van der Waals surface area contributed by atoms with Gasteiger partial charge >= 0.3 is 0 Å². The summed E-state index contributed by atoms with van der Waals surface area (Å²) in [4.78, 5) is 0. The molecule has 74 valence electrons. The first-order valence-corrected chi connectivity index (χ1v) is 4.97. The second-order valence-corrected chi connectivity index (χ2v) is 4.15. The van der Waals surface area contributed by atoms with Gasteiger partial charge in [-0.3, -0.25) is 5.32 Å². The topological polar surface area (TPSA) is 21.3 Å². The van der Waals surface area contributed by atoms with Gasteiger partial charge in [-0.1, -0.05) is 5.92 Å². The summed E-state index contributed by atoms with van der Waals surface area (Å²) in [6, 6.07) is 0.522. The number of nitrogens with one attached hydrogen (secondary N) is 1. The van der Waals surface area contributed by atoms with Gasteiger partial charge in [0.2, 0.25) is 0 Å². The van der Waals surface area contributed by atoms with Crippen LogP contribution in [0, 0.1) is 12.3 Å². The quantitative estimate of drug-likeness (QED) is 0.653. The smallest absolute Gasteiger partial charge is 0.0743 e. The average molecular weight is 181 g/mol. The van der Waals surface area contributed by atoms with Crippen LogP contribution in [0.5, 0.6) is 0 Å². The van der Waals surface area contributed by atoms with Crippen molar-refractivity contribution >= 4 is 0 Å². The van der Waals surface area contributed by atoms with Crippen molar-refractivity contribution in [2.45, 2.75) is 44.7 Å². The maximum Gasteiger partial charge on any atom is 0.0743 e. The maximum atomic E-state index is 5.42. The molecule has 0 aromatic rings. The maximum absolute atomic E-state index is 5.42. The molecule has 1 N–H and O–H groups in total. The molecule has 1 saturated heterocycles. The molecule has 1 heterocycles. The molecule has 0 saturated carbocycles.